The van der Waals surface area contributed by atoms with E-state index in [-0.39, 0.29) is 5.78 Å². The standard InChI is InChI=1S/C25H16O/c26-24-16-22(18-10-5-2-6-11-18)21-13-7-12-19-14-20(15-23(24)25(19)21)17-8-3-1-4-9-17/h1-16H. The van der Waals surface area contributed by atoms with Crippen LogP contribution in [0.3, 0.4) is 0 Å². The minimum atomic E-state index is 0.0744. The van der Waals surface area contributed by atoms with Crippen molar-refractivity contribution < 1.29 is 4.79 Å². The fraction of sp³-hybridized carbons (Fsp3) is 0. The normalized spacial score (nSPS) is 12.9. The minimum absolute atomic E-state index is 0.0744. The maximum atomic E-state index is 13.0. The molecule has 0 amide bonds. The second-order valence-corrected chi connectivity index (χ2v) is 6.58. The van der Waals surface area contributed by atoms with Gasteiger partial charge in [0.2, 0.25) is 0 Å². The maximum absolute atomic E-state index is 13.0. The number of benzene rings is 4. The van der Waals surface area contributed by atoms with Crippen molar-refractivity contribution >= 4 is 22.1 Å². The summed E-state index contributed by atoms with van der Waals surface area (Å²) >= 11 is 0. The summed E-state index contributed by atoms with van der Waals surface area (Å²) in [5.74, 6) is 0.0744. The topological polar surface area (TPSA) is 17.1 Å². The van der Waals surface area contributed by atoms with E-state index in [2.05, 4.69) is 48.5 Å². The fourth-order valence-corrected chi connectivity index (χ4v) is 3.79. The second-order valence-electron chi connectivity index (χ2n) is 6.58. The van der Waals surface area contributed by atoms with E-state index < -0.39 is 0 Å². The molecule has 122 valence electrons. The first kappa shape index (κ1) is 14.9. The van der Waals surface area contributed by atoms with Crippen molar-refractivity contribution in [1.29, 1.82) is 0 Å². The smallest absolute Gasteiger partial charge is 0.187 e. The Balaban J connectivity index is 1.78. The molecule has 4 aromatic carbocycles. The Morgan fingerprint density at radius 1 is 0.538 bits per heavy atom. The van der Waals surface area contributed by atoms with E-state index in [0.717, 1.165) is 44.2 Å². The van der Waals surface area contributed by atoms with Crippen LogP contribution in [0.2, 0.25) is 0 Å². The van der Waals surface area contributed by atoms with E-state index in [0.29, 0.717) is 0 Å². The number of carbonyl (C=O) groups is 1. The highest BCUT2D eigenvalue weighted by Gasteiger charge is 2.22. The van der Waals surface area contributed by atoms with E-state index in [1.54, 1.807) is 6.08 Å². The lowest BCUT2D eigenvalue weighted by molar-refractivity contribution is 0.104. The van der Waals surface area contributed by atoms with Gasteiger partial charge in [0, 0.05) is 10.9 Å². The van der Waals surface area contributed by atoms with Gasteiger partial charge in [-0.25, -0.2) is 0 Å². The number of hydrogen-bond donors (Lipinski definition) is 0. The van der Waals surface area contributed by atoms with E-state index in [1.165, 1.54) is 0 Å². The van der Waals surface area contributed by atoms with Gasteiger partial charge in [0.1, 0.15) is 0 Å². The predicted octanol–water partition coefficient (Wildman–Crippen LogP) is 6.13. The first-order valence-electron chi connectivity index (χ1n) is 8.75. The van der Waals surface area contributed by atoms with Gasteiger partial charge in [0.15, 0.2) is 5.78 Å². The van der Waals surface area contributed by atoms with E-state index in [1.807, 2.05) is 42.5 Å². The van der Waals surface area contributed by atoms with Crippen LogP contribution in [0.5, 0.6) is 0 Å². The molecule has 26 heavy (non-hydrogen) atoms. The highest BCUT2D eigenvalue weighted by molar-refractivity contribution is 6.24. The number of hydrogen-bond acceptors (Lipinski definition) is 1. The first-order chi connectivity index (χ1) is 12.8. The summed E-state index contributed by atoms with van der Waals surface area (Å²) in [6.07, 6.45) is 1.78. The molecular weight excluding hydrogens is 316 g/mol. The molecule has 0 N–H and O–H groups in total. The average Bonchev–Trinajstić information content (AvgIpc) is 2.71. The molecule has 0 heterocycles. The lowest BCUT2D eigenvalue weighted by Gasteiger charge is -2.19. The summed E-state index contributed by atoms with van der Waals surface area (Å²) in [7, 11) is 0. The van der Waals surface area contributed by atoms with E-state index in [9.17, 15) is 4.79 Å². The molecule has 0 saturated heterocycles. The van der Waals surface area contributed by atoms with Gasteiger partial charge in [-0.2, -0.15) is 0 Å². The monoisotopic (exact) mass is 332 g/mol. The SMILES string of the molecule is O=C1C=C(c2ccccc2)c2cccc3cc(-c4ccccc4)cc1c23. The molecule has 0 aliphatic heterocycles. The Hall–Kier alpha value is -3.45. The molecule has 1 nitrogen and oxygen atoms in total. The molecular formula is C25H16O. The average molecular weight is 332 g/mol. The Labute approximate surface area is 152 Å². The number of carbonyl (C=O) groups excluding carboxylic acids is 1. The van der Waals surface area contributed by atoms with Crippen LogP contribution in [-0.2, 0) is 0 Å². The molecule has 0 spiro atoms. The Kier molecular flexibility index (Phi) is 3.32. The number of ketones is 1. The highest BCUT2D eigenvalue weighted by atomic mass is 16.1. The molecule has 1 aliphatic carbocycles. The third-order valence-corrected chi connectivity index (χ3v) is 5.00. The second kappa shape index (κ2) is 5.82. The zero-order valence-corrected chi connectivity index (χ0v) is 14.1. The van der Waals surface area contributed by atoms with Crippen molar-refractivity contribution in [1.82, 2.24) is 0 Å². The Morgan fingerprint density at radius 3 is 1.96 bits per heavy atom. The largest absolute Gasteiger partial charge is 0.289 e. The summed E-state index contributed by atoms with van der Waals surface area (Å²) in [6.45, 7) is 0. The summed E-state index contributed by atoms with van der Waals surface area (Å²) in [5.41, 5.74) is 6.20. The van der Waals surface area contributed by atoms with Gasteiger partial charge in [-0.05, 0) is 51.4 Å². The van der Waals surface area contributed by atoms with Gasteiger partial charge in [-0.3, -0.25) is 4.79 Å². The molecule has 1 heteroatoms. The predicted molar refractivity (Wildman–Crippen MR) is 107 cm³/mol. The Morgan fingerprint density at radius 2 is 1.23 bits per heavy atom. The van der Waals surface area contributed by atoms with Crippen molar-refractivity contribution in [3.05, 3.63) is 114 Å². The van der Waals surface area contributed by atoms with Gasteiger partial charge >= 0.3 is 0 Å². The summed E-state index contributed by atoms with van der Waals surface area (Å²) in [6, 6.07) is 30.8. The molecule has 0 fully saturated rings. The molecule has 0 saturated carbocycles. The zero-order valence-electron chi connectivity index (χ0n) is 14.1. The quantitative estimate of drug-likeness (QED) is 0.431. The third kappa shape index (κ3) is 2.29. The molecule has 1 aliphatic rings. The van der Waals surface area contributed by atoms with Gasteiger partial charge < -0.3 is 0 Å². The molecule has 4 aromatic rings. The molecule has 0 aromatic heterocycles. The van der Waals surface area contributed by atoms with Gasteiger partial charge in [0.25, 0.3) is 0 Å². The minimum Gasteiger partial charge on any atom is -0.289 e. The molecule has 0 radical (unpaired) electrons. The lowest BCUT2D eigenvalue weighted by Crippen LogP contribution is -2.06. The number of allylic oxidation sites excluding steroid dienone is 1. The van der Waals surface area contributed by atoms with Crippen LogP contribution in [0.4, 0.5) is 0 Å². The summed E-state index contributed by atoms with van der Waals surface area (Å²) in [4.78, 5) is 13.0. The van der Waals surface area contributed by atoms with E-state index in [4.69, 9.17) is 0 Å². The van der Waals surface area contributed by atoms with Crippen LogP contribution in [-0.4, -0.2) is 5.78 Å². The van der Waals surface area contributed by atoms with Crippen LogP contribution in [0.25, 0.3) is 27.5 Å². The van der Waals surface area contributed by atoms with E-state index >= 15 is 0 Å². The van der Waals surface area contributed by atoms with Crippen LogP contribution in [0, 0.1) is 0 Å². The van der Waals surface area contributed by atoms with Crippen LogP contribution >= 0.6 is 0 Å². The summed E-state index contributed by atoms with van der Waals surface area (Å²) < 4.78 is 0. The molecule has 5 rings (SSSR count). The molecule has 0 atom stereocenters. The van der Waals surface area contributed by atoms with Gasteiger partial charge in [-0.1, -0.05) is 78.9 Å². The van der Waals surface area contributed by atoms with Crippen molar-refractivity contribution in [2.45, 2.75) is 0 Å². The molecule has 0 unspecified atom stereocenters. The van der Waals surface area contributed by atoms with Crippen molar-refractivity contribution in [3.8, 4) is 11.1 Å². The van der Waals surface area contributed by atoms with Crippen LogP contribution in [0.15, 0.2) is 97.1 Å². The van der Waals surface area contributed by atoms with Gasteiger partial charge in [0.05, 0.1) is 0 Å². The third-order valence-electron chi connectivity index (χ3n) is 5.00. The maximum Gasteiger partial charge on any atom is 0.187 e. The van der Waals surface area contributed by atoms with Crippen LogP contribution in [0.1, 0.15) is 21.5 Å². The Bertz CT molecular complexity index is 1170. The fourth-order valence-electron chi connectivity index (χ4n) is 3.79. The van der Waals surface area contributed by atoms with Crippen molar-refractivity contribution in [3.63, 3.8) is 0 Å². The first-order valence-corrected chi connectivity index (χ1v) is 8.75. The summed E-state index contributed by atoms with van der Waals surface area (Å²) in [5, 5.41) is 2.16. The lowest BCUT2D eigenvalue weighted by atomic mass is 9.83. The highest BCUT2D eigenvalue weighted by Crippen LogP contribution is 2.38. The zero-order chi connectivity index (χ0) is 17.5. The molecule has 0 bridgehead atoms. The van der Waals surface area contributed by atoms with Crippen molar-refractivity contribution in [2.24, 2.45) is 0 Å². The van der Waals surface area contributed by atoms with Crippen molar-refractivity contribution in [2.75, 3.05) is 0 Å². The van der Waals surface area contributed by atoms with Crippen LogP contribution < -0.4 is 0 Å². The number of rotatable bonds is 2. The van der Waals surface area contributed by atoms with Gasteiger partial charge in [-0.15, -0.1) is 0 Å².